The van der Waals surface area contributed by atoms with Crippen molar-refractivity contribution >= 4 is 33.6 Å². The number of hydrogen-bond donors (Lipinski definition) is 1. The molecule has 0 unspecified atom stereocenters. The number of ether oxygens (including phenoxy) is 1. The Kier molecular flexibility index (Phi) is 5.56. The number of amides is 1. The average molecular weight is 371 g/mol. The predicted octanol–water partition coefficient (Wildman–Crippen LogP) is 4.31. The van der Waals surface area contributed by atoms with E-state index in [1.165, 1.54) is 6.08 Å². The van der Waals surface area contributed by atoms with Crippen LogP contribution in [0.3, 0.4) is 0 Å². The van der Waals surface area contributed by atoms with Gasteiger partial charge in [0.2, 0.25) is 0 Å². The molecule has 1 amide bonds. The molecule has 0 aromatic heterocycles. The molecule has 2 rings (SSSR count). The van der Waals surface area contributed by atoms with E-state index in [-0.39, 0.29) is 5.57 Å². The Morgan fingerprint density at radius 2 is 1.96 bits per heavy atom. The van der Waals surface area contributed by atoms with Crippen LogP contribution in [0, 0.1) is 18.3 Å². The maximum absolute atomic E-state index is 12.2. The molecule has 0 saturated heterocycles. The lowest BCUT2D eigenvalue weighted by Crippen LogP contribution is -2.13. The van der Waals surface area contributed by atoms with E-state index in [1.54, 1.807) is 37.4 Å². The van der Waals surface area contributed by atoms with Crippen molar-refractivity contribution in [3.63, 3.8) is 0 Å². The van der Waals surface area contributed by atoms with Gasteiger partial charge in [-0.1, -0.05) is 23.8 Å². The zero-order valence-electron chi connectivity index (χ0n) is 12.8. The molecule has 0 aliphatic heterocycles. The number of anilines is 1. The number of hydrogen-bond acceptors (Lipinski definition) is 3. The third kappa shape index (κ3) is 4.44. The van der Waals surface area contributed by atoms with Crippen LogP contribution in [0.4, 0.5) is 5.69 Å². The maximum Gasteiger partial charge on any atom is 0.266 e. The molecule has 1 N–H and O–H groups in total. The fourth-order valence-corrected chi connectivity index (χ4v) is 2.48. The lowest BCUT2D eigenvalue weighted by Gasteiger charge is -2.06. The van der Waals surface area contributed by atoms with Gasteiger partial charge in [0, 0.05) is 5.69 Å². The van der Waals surface area contributed by atoms with Gasteiger partial charge >= 0.3 is 0 Å². The Labute approximate surface area is 143 Å². The molecule has 0 saturated carbocycles. The van der Waals surface area contributed by atoms with E-state index in [9.17, 15) is 10.1 Å². The van der Waals surface area contributed by atoms with Crippen LogP contribution < -0.4 is 10.1 Å². The van der Waals surface area contributed by atoms with Gasteiger partial charge in [0.25, 0.3) is 5.91 Å². The zero-order valence-corrected chi connectivity index (χ0v) is 14.3. The van der Waals surface area contributed by atoms with E-state index in [0.717, 1.165) is 15.6 Å². The van der Waals surface area contributed by atoms with Crippen molar-refractivity contribution in [1.29, 1.82) is 5.26 Å². The number of rotatable bonds is 4. The summed E-state index contributed by atoms with van der Waals surface area (Å²) in [7, 11) is 1.57. The molecule has 0 fully saturated rings. The molecule has 0 aliphatic carbocycles. The van der Waals surface area contributed by atoms with Crippen LogP contribution in [0.5, 0.6) is 5.75 Å². The van der Waals surface area contributed by atoms with Crippen molar-refractivity contribution in [2.24, 2.45) is 0 Å². The minimum absolute atomic E-state index is 0.0302. The van der Waals surface area contributed by atoms with Crippen LogP contribution in [0.1, 0.15) is 11.1 Å². The summed E-state index contributed by atoms with van der Waals surface area (Å²) in [6, 6.07) is 14.6. The lowest BCUT2D eigenvalue weighted by molar-refractivity contribution is -0.112. The highest BCUT2D eigenvalue weighted by atomic mass is 79.9. The largest absolute Gasteiger partial charge is 0.496 e. The summed E-state index contributed by atoms with van der Waals surface area (Å²) in [6.45, 7) is 1.97. The highest BCUT2D eigenvalue weighted by Crippen LogP contribution is 2.26. The second-order valence-corrected chi connectivity index (χ2v) is 5.74. The van der Waals surface area contributed by atoms with Gasteiger partial charge in [-0.25, -0.2) is 0 Å². The van der Waals surface area contributed by atoms with Crippen LogP contribution in [0.25, 0.3) is 6.08 Å². The third-order valence-corrected chi connectivity index (χ3v) is 3.78. The average Bonchev–Trinajstić information content (AvgIpc) is 2.54. The van der Waals surface area contributed by atoms with Gasteiger partial charge in [0.05, 0.1) is 11.6 Å². The molecule has 0 spiro atoms. The minimum atomic E-state index is -0.441. The Bertz CT molecular complexity index is 790. The number of methoxy groups -OCH3 is 1. The molecule has 0 aliphatic rings. The van der Waals surface area contributed by atoms with Crippen LogP contribution in [-0.2, 0) is 4.79 Å². The van der Waals surface area contributed by atoms with E-state index >= 15 is 0 Å². The topological polar surface area (TPSA) is 62.1 Å². The van der Waals surface area contributed by atoms with Gasteiger partial charge in [0.1, 0.15) is 17.4 Å². The van der Waals surface area contributed by atoms with E-state index in [4.69, 9.17) is 4.74 Å². The summed E-state index contributed by atoms with van der Waals surface area (Å²) in [5.41, 5.74) is 2.51. The Hall–Kier alpha value is -2.58. The van der Waals surface area contributed by atoms with Gasteiger partial charge in [-0.05, 0) is 58.8 Å². The SMILES string of the molecule is COc1ccc(/C=C(\C#N)C(=O)Nc2ccc(C)cc2)cc1Br. The van der Waals surface area contributed by atoms with Crippen molar-refractivity contribution in [2.75, 3.05) is 12.4 Å². The highest BCUT2D eigenvalue weighted by Gasteiger charge is 2.10. The molecular formula is C18H15BrN2O2. The Balaban J connectivity index is 2.21. The Morgan fingerprint density at radius 1 is 1.26 bits per heavy atom. The minimum Gasteiger partial charge on any atom is -0.496 e. The molecule has 0 heterocycles. The number of nitrogens with one attached hydrogen (secondary N) is 1. The Morgan fingerprint density at radius 3 is 2.52 bits per heavy atom. The molecule has 116 valence electrons. The van der Waals surface area contributed by atoms with Crippen molar-refractivity contribution < 1.29 is 9.53 Å². The summed E-state index contributed by atoms with van der Waals surface area (Å²) in [5, 5.41) is 11.9. The fraction of sp³-hybridized carbons (Fsp3) is 0.111. The molecule has 2 aromatic rings. The summed E-state index contributed by atoms with van der Waals surface area (Å²) >= 11 is 3.38. The number of carbonyl (C=O) groups is 1. The molecule has 2 aromatic carbocycles. The van der Waals surface area contributed by atoms with Crippen molar-refractivity contribution in [2.45, 2.75) is 6.92 Å². The monoisotopic (exact) mass is 370 g/mol. The molecule has 0 radical (unpaired) electrons. The first-order valence-electron chi connectivity index (χ1n) is 6.87. The lowest BCUT2D eigenvalue weighted by atomic mass is 10.1. The number of nitrogens with zero attached hydrogens (tertiary/aromatic N) is 1. The van der Waals surface area contributed by atoms with Crippen molar-refractivity contribution in [3.05, 3.63) is 63.6 Å². The van der Waals surface area contributed by atoms with E-state index < -0.39 is 5.91 Å². The van der Waals surface area contributed by atoms with Crippen LogP contribution in [0.2, 0.25) is 0 Å². The number of nitriles is 1. The summed E-state index contributed by atoms with van der Waals surface area (Å²) in [4.78, 5) is 12.2. The molecular weight excluding hydrogens is 356 g/mol. The molecule has 0 bridgehead atoms. The van der Waals surface area contributed by atoms with E-state index in [2.05, 4.69) is 21.2 Å². The first kappa shape index (κ1) is 16.8. The second-order valence-electron chi connectivity index (χ2n) is 4.88. The second kappa shape index (κ2) is 7.61. The van der Waals surface area contributed by atoms with Crippen LogP contribution >= 0.6 is 15.9 Å². The van der Waals surface area contributed by atoms with Gasteiger partial charge in [-0.15, -0.1) is 0 Å². The molecule has 5 heteroatoms. The highest BCUT2D eigenvalue weighted by molar-refractivity contribution is 9.10. The smallest absolute Gasteiger partial charge is 0.266 e. The first-order valence-corrected chi connectivity index (χ1v) is 7.66. The van der Waals surface area contributed by atoms with Crippen molar-refractivity contribution in [1.82, 2.24) is 0 Å². The van der Waals surface area contributed by atoms with Gasteiger partial charge in [0.15, 0.2) is 0 Å². The fourth-order valence-electron chi connectivity index (χ4n) is 1.92. The number of aryl methyl sites for hydroxylation is 1. The van der Waals surface area contributed by atoms with Crippen LogP contribution in [-0.4, -0.2) is 13.0 Å². The molecule has 23 heavy (non-hydrogen) atoms. The van der Waals surface area contributed by atoms with Gasteiger partial charge in [-0.3, -0.25) is 4.79 Å². The summed E-state index contributed by atoms with van der Waals surface area (Å²) in [5.74, 6) is 0.244. The zero-order chi connectivity index (χ0) is 16.8. The molecule has 4 nitrogen and oxygen atoms in total. The maximum atomic E-state index is 12.2. The van der Waals surface area contributed by atoms with Crippen molar-refractivity contribution in [3.8, 4) is 11.8 Å². The molecule has 0 atom stereocenters. The predicted molar refractivity (Wildman–Crippen MR) is 94.1 cm³/mol. The number of halogens is 1. The first-order chi connectivity index (χ1) is 11.0. The standard InChI is InChI=1S/C18H15BrN2O2/c1-12-3-6-15(7-4-12)21-18(22)14(11-20)9-13-5-8-17(23-2)16(19)10-13/h3-10H,1-2H3,(H,21,22)/b14-9+. The van der Waals surface area contributed by atoms with Crippen LogP contribution in [0.15, 0.2) is 52.5 Å². The third-order valence-electron chi connectivity index (χ3n) is 3.16. The van der Waals surface area contributed by atoms with E-state index in [0.29, 0.717) is 11.4 Å². The van der Waals surface area contributed by atoms with Gasteiger partial charge < -0.3 is 10.1 Å². The van der Waals surface area contributed by atoms with Gasteiger partial charge in [-0.2, -0.15) is 5.26 Å². The summed E-state index contributed by atoms with van der Waals surface area (Å²) < 4.78 is 5.91. The quantitative estimate of drug-likeness (QED) is 0.644. The normalized spacial score (nSPS) is 10.8. The van der Waals surface area contributed by atoms with E-state index in [1.807, 2.05) is 25.1 Å². The number of carbonyl (C=O) groups excluding carboxylic acids is 1. The summed E-state index contributed by atoms with van der Waals surface area (Å²) in [6.07, 6.45) is 1.54. The number of benzene rings is 2.